The van der Waals surface area contributed by atoms with E-state index in [1.54, 1.807) is 24.3 Å². The van der Waals surface area contributed by atoms with E-state index in [2.05, 4.69) is 17.1 Å². The molecule has 0 saturated carbocycles. The van der Waals surface area contributed by atoms with Gasteiger partial charge >= 0.3 is 0 Å². The first kappa shape index (κ1) is 14.5. The van der Waals surface area contributed by atoms with E-state index >= 15 is 0 Å². The molecule has 20 heavy (non-hydrogen) atoms. The molecule has 4 nitrogen and oxygen atoms in total. The molecule has 1 N–H and O–H groups in total. The first-order chi connectivity index (χ1) is 9.69. The lowest BCUT2D eigenvalue weighted by molar-refractivity contribution is 0.0945. The predicted octanol–water partition coefficient (Wildman–Crippen LogP) is 2.02. The van der Waals surface area contributed by atoms with Crippen LogP contribution in [0.4, 0.5) is 0 Å². The number of nitrogens with zero attached hydrogens (tertiary/aromatic N) is 2. The van der Waals surface area contributed by atoms with Crippen LogP contribution in [0.15, 0.2) is 24.3 Å². The van der Waals surface area contributed by atoms with Crippen molar-refractivity contribution < 1.29 is 4.79 Å². The second kappa shape index (κ2) is 7.06. The average molecular weight is 271 g/mol. The van der Waals surface area contributed by atoms with Crippen molar-refractivity contribution in [3.63, 3.8) is 0 Å². The van der Waals surface area contributed by atoms with E-state index in [0.29, 0.717) is 23.6 Å². The Labute approximate surface area is 120 Å². The van der Waals surface area contributed by atoms with Gasteiger partial charge in [0.25, 0.3) is 5.91 Å². The molecule has 0 spiro atoms. The minimum Gasteiger partial charge on any atom is -0.352 e. The van der Waals surface area contributed by atoms with Crippen LogP contribution in [0.25, 0.3) is 0 Å². The van der Waals surface area contributed by atoms with Crippen molar-refractivity contribution in [1.29, 1.82) is 5.26 Å². The summed E-state index contributed by atoms with van der Waals surface area (Å²) < 4.78 is 0. The number of nitriles is 1. The number of hydrogen-bond donors (Lipinski definition) is 1. The van der Waals surface area contributed by atoms with Crippen LogP contribution in [0, 0.1) is 17.2 Å². The number of rotatable bonds is 5. The van der Waals surface area contributed by atoms with Gasteiger partial charge in [0, 0.05) is 18.7 Å². The fraction of sp³-hybridized carbons (Fsp3) is 0.500. The summed E-state index contributed by atoms with van der Waals surface area (Å²) in [7, 11) is 0. The molecule has 4 heteroatoms. The molecular weight excluding hydrogens is 250 g/mol. The molecule has 1 unspecified atom stereocenters. The standard InChI is InChI=1S/C16H21N3O/c1-13(12-19-8-2-3-9-19)11-18-16(20)15-6-4-14(10-17)5-7-15/h4-7,13H,2-3,8-9,11-12H2,1H3,(H,18,20). The topological polar surface area (TPSA) is 56.1 Å². The van der Waals surface area contributed by atoms with Gasteiger partial charge in [0.05, 0.1) is 11.6 Å². The highest BCUT2D eigenvalue weighted by Crippen LogP contribution is 2.10. The molecular formula is C16H21N3O. The first-order valence-corrected chi connectivity index (χ1v) is 7.20. The minimum absolute atomic E-state index is 0.0669. The van der Waals surface area contributed by atoms with E-state index in [4.69, 9.17) is 5.26 Å². The van der Waals surface area contributed by atoms with Gasteiger partial charge in [-0.25, -0.2) is 0 Å². The Morgan fingerprint density at radius 1 is 1.35 bits per heavy atom. The molecule has 1 atom stereocenters. The summed E-state index contributed by atoms with van der Waals surface area (Å²) in [6.45, 7) is 6.28. The molecule has 2 rings (SSSR count). The van der Waals surface area contributed by atoms with Crippen LogP contribution < -0.4 is 5.32 Å². The van der Waals surface area contributed by atoms with Crippen LogP contribution >= 0.6 is 0 Å². The minimum atomic E-state index is -0.0669. The third kappa shape index (κ3) is 4.07. The summed E-state index contributed by atoms with van der Waals surface area (Å²) in [6.07, 6.45) is 2.59. The number of carbonyl (C=O) groups excluding carboxylic acids is 1. The maximum absolute atomic E-state index is 12.0. The summed E-state index contributed by atoms with van der Waals surface area (Å²) in [5.41, 5.74) is 1.18. The smallest absolute Gasteiger partial charge is 0.251 e. The summed E-state index contributed by atoms with van der Waals surface area (Å²) >= 11 is 0. The lowest BCUT2D eigenvalue weighted by atomic mass is 10.1. The largest absolute Gasteiger partial charge is 0.352 e. The van der Waals surface area contributed by atoms with Gasteiger partial charge in [-0.15, -0.1) is 0 Å². The molecule has 1 saturated heterocycles. The SMILES string of the molecule is CC(CNC(=O)c1ccc(C#N)cc1)CN1CCCC1. The van der Waals surface area contributed by atoms with Gasteiger partial charge in [0.15, 0.2) is 0 Å². The zero-order valence-electron chi connectivity index (χ0n) is 11.9. The number of carbonyl (C=O) groups is 1. The van der Waals surface area contributed by atoms with E-state index in [9.17, 15) is 4.79 Å². The summed E-state index contributed by atoms with van der Waals surface area (Å²) in [5, 5.41) is 11.7. The molecule has 0 bridgehead atoms. The van der Waals surface area contributed by atoms with Gasteiger partial charge < -0.3 is 10.2 Å². The van der Waals surface area contributed by atoms with Crippen LogP contribution in [0.2, 0.25) is 0 Å². The van der Waals surface area contributed by atoms with E-state index in [-0.39, 0.29) is 5.91 Å². The van der Waals surface area contributed by atoms with Crippen molar-refractivity contribution in [2.24, 2.45) is 5.92 Å². The molecule has 1 heterocycles. The Kier molecular flexibility index (Phi) is 5.14. The second-order valence-corrected chi connectivity index (χ2v) is 5.51. The van der Waals surface area contributed by atoms with E-state index in [0.717, 1.165) is 6.54 Å². The van der Waals surface area contributed by atoms with Crippen LogP contribution in [0.1, 0.15) is 35.7 Å². The fourth-order valence-electron chi connectivity index (χ4n) is 2.54. The van der Waals surface area contributed by atoms with Gasteiger partial charge in [-0.3, -0.25) is 4.79 Å². The summed E-state index contributed by atoms with van der Waals surface area (Å²) in [5.74, 6) is 0.387. The Bertz CT molecular complexity index is 483. The third-order valence-electron chi connectivity index (χ3n) is 3.66. The number of likely N-dealkylation sites (tertiary alicyclic amines) is 1. The zero-order chi connectivity index (χ0) is 14.4. The Hall–Kier alpha value is -1.86. The predicted molar refractivity (Wildman–Crippen MR) is 78.3 cm³/mol. The molecule has 1 amide bonds. The molecule has 0 aromatic heterocycles. The Morgan fingerprint density at radius 2 is 2.00 bits per heavy atom. The van der Waals surface area contributed by atoms with Gasteiger partial charge in [0.1, 0.15) is 0 Å². The van der Waals surface area contributed by atoms with Crippen molar-refractivity contribution >= 4 is 5.91 Å². The lowest BCUT2D eigenvalue weighted by Crippen LogP contribution is -2.34. The Morgan fingerprint density at radius 3 is 2.60 bits per heavy atom. The van der Waals surface area contributed by atoms with Crippen molar-refractivity contribution in [3.8, 4) is 6.07 Å². The van der Waals surface area contributed by atoms with E-state index in [1.165, 1.54) is 25.9 Å². The van der Waals surface area contributed by atoms with Crippen molar-refractivity contribution in [2.45, 2.75) is 19.8 Å². The normalized spacial score (nSPS) is 16.6. The maximum atomic E-state index is 12.0. The lowest BCUT2D eigenvalue weighted by Gasteiger charge is -2.20. The second-order valence-electron chi connectivity index (χ2n) is 5.51. The van der Waals surface area contributed by atoms with Crippen LogP contribution in [-0.2, 0) is 0 Å². The van der Waals surface area contributed by atoms with Gasteiger partial charge in [-0.1, -0.05) is 6.92 Å². The molecule has 1 aromatic rings. The maximum Gasteiger partial charge on any atom is 0.251 e. The molecule has 0 radical (unpaired) electrons. The number of hydrogen-bond acceptors (Lipinski definition) is 3. The van der Waals surface area contributed by atoms with E-state index < -0.39 is 0 Å². The molecule has 106 valence electrons. The zero-order valence-corrected chi connectivity index (χ0v) is 11.9. The molecule has 1 fully saturated rings. The molecule has 0 aliphatic carbocycles. The van der Waals surface area contributed by atoms with Gasteiger partial charge in [-0.2, -0.15) is 5.26 Å². The first-order valence-electron chi connectivity index (χ1n) is 7.20. The Balaban J connectivity index is 1.77. The van der Waals surface area contributed by atoms with E-state index in [1.807, 2.05) is 6.07 Å². The van der Waals surface area contributed by atoms with Crippen LogP contribution in [0.3, 0.4) is 0 Å². The van der Waals surface area contributed by atoms with Gasteiger partial charge in [-0.05, 0) is 56.1 Å². The highest BCUT2D eigenvalue weighted by atomic mass is 16.1. The quantitative estimate of drug-likeness (QED) is 0.891. The van der Waals surface area contributed by atoms with Crippen LogP contribution in [0.5, 0.6) is 0 Å². The highest BCUT2D eigenvalue weighted by Gasteiger charge is 2.15. The summed E-state index contributed by atoms with van der Waals surface area (Å²) in [6, 6.07) is 8.77. The average Bonchev–Trinajstić information content (AvgIpc) is 2.97. The van der Waals surface area contributed by atoms with Crippen LogP contribution in [-0.4, -0.2) is 37.0 Å². The monoisotopic (exact) mass is 271 g/mol. The van der Waals surface area contributed by atoms with Gasteiger partial charge in [0.2, 0.25) is 0 Å². The van der Waals surface area contributed by atoms with Crippen molar-refractivity contribution in [1.82, 2.24) is 10.2 Å². The number of benzene rings is 1. The highest BCUT2D eigenvalue weighted by molar-refractivity contribution is 5.94. The number of nitrogens with one attached hydrogen (secondary N) is 1. The molecule has 1 aliphatic rings. The summed E-state index contributed by atoms with van der Waals surface area (Å²) in [4.78, 5) is 14.4. The molecule has 1 aromatic carbocycles. The molecule has 1 aliphatic heterocycles. The van der Waals surface area contributed by atoms with Crippen molar-refractivity contribution in [3.05, 3.63) is 35.4 Å². The fourth-order valence-corrected chi connectivity index (χ4v) is 2.54. The third-order valence-corrected chi connectivity index (χ3v) is 3.66. The van der Waals surface area contributed by atoms with Crippen molar-refractivity contribution in [2.75, 3.05) is 26.2 Å². The number of amides is 1.